The Balaban J connectivity index is 1.65. The van der Waals surface area contributed by atoms with Crippen molar-refractivity contribution in [1.29, 1.82) is 0 Å². The van der Waals surface area contributed by atoms with Crippen LogP contribution in [0.5, 0.6) is 0 Å². The largest absolute Gasteiger partial charge is 0.346 e. The zero-order chi connectivity index (χ0) is 13.8. The maximum Gasteiger partial charge on any atom is 0.185 e. The topological polar surface area (TPSA) is 42.1 Å². The summed E-state index contributed by atoms with van der Waals surface area (Å²) < 4.78 is 0. The van der Waals surface area contributed by atoms with Gasteiger partial charge in [-0.15, -0.1) is 11.3 Å². The molecule has 1 aromatic heterocycles. The lowest BCUT2D eigenvalue weighted by Crippen LogP contribution is -2.32. The molecule has 0 aliphatic carbocycles. The minimum absolute atomic E-state index is 0.0306. The number of nitrogens with zero attached hydrogens (tertiary/aromatic N) is 2. The summed E-state index contributed by atoms with van der Waals surface area (Å²) >= 11 is 3.77. The molecule has 0 saturated carbocycles. The number of benzene rings is 1. The average Bonchev–Trinajstić information content (AvgIpc) is 2.97. The summed E-state index contributed by atoms with van der Waals surface area (Å²) in [6.45, 7) is 2.23. The summed E-state index contributed by atoms with van der Waals surface area (Å²) in [7, 11) is 0. The van der Waals surface area contributed by atoms with Crippen molar-refractivity contribution in [3.63, 3.8) is 0 Å². The fourth-order valence-electron chi connectivity index (χ4n) is 2.33. The van der Waals surface area contributed by atoms with Gasteiger partial charge in [0.1, 0.15) is 0 Å². The summed E-state index contributed by atoms with van der Waals surface area (Å²) in [5.41, 5.74) is 8.55. The Morgan fingerprint density at radius 1 is 1.20 bits per heavy atom. The second-order valence-corrected chi connectivity index (χ2v) is 7.00. The van der Waals surface area contributed by atoms with Crippen molar-refractivity contribution >= 4 is 28.2 Å². The number of thioether (sulfide) groups is 1. The van der Waals surface area contributed by atoms with Crippen LogP contribution in [-0.2, 0) is 6.42 Å². The average molecular weight is 305 g/mol. The van der Waals surface area contributed by atoms with Gasteiger partial charge in [0.15, 0.2) is 5.13 Å². The third-order valence-electron chi connectivity index (χ3n) is 3.48. The number of anilines is 1. The van der Waals surface area contributed by atoms with Gasteiger partial charge in [0, 0.05) is 42.4 Å². The second-order valence-electron chi connectivity index (χ2n) is 4.94. The Labute approximate surface area is 128 Å². The Morgan fingerprint density at radius 3 is 2.70 bits per heavy atom. The molecule has 1 atom stereocenters. The Kier molecular flexibility index (Phi) is 4.60. The van der Waals surface area contributed by atoms with Gasteiger partial charge in [-0.1, -0.05) is 30.3 Å². The molecule has 3 nitrogen and oxygen atoms in total. The minimum atomic E-state index is 0.0306. The number of hydrogen-bond acceptors (Lipinski definition) is 5. The van der Waals surface area contributed by atoms with Gasteiger partial charge in [-0.05, 0) is 5.56 Å². The van der Waals surface area contributed by atoms with Crippen molar-refractivity contribution in [3.05, 3.63) is 47.0 Å². The quantitative estimate of drug-likeness (QED) is 0.943. The molecular weight excluding hydrogens is 286 g/mol. The van der Waals surface area contributed by atoms with Crippen LogP contribution in [0.1, 0.15) is 17.3 Å². The molecule has 106 valence electrons. The molecule has 1 aliphatic rings. The molecule has 1 fully saturated rings. The van der Waals surface area contributed by atoms with E-state index in [0.717, 1.165) is 30.3 Å². The SMILES string of the molecule is NC(Cc1csc(N2CCSCC2)n1)c1ccccc1. The van der Waals surface area contributed by atoms with Gasteiger partial charge < -0.3 is 10.6 Å². The van der Waals surface area contributed by atoms with E-state index in [9.17, 15) is 0 Å². The van der Waals surface area contributed by atoms with Gasteiger partial charge in [0.2, 0.25) is 0 Å². The number of thiazole rings is 1. The van der Waals surface area contributed by atoms with E-state index in [4.69, 9.17) is 10.7 Å². The normalized spacial score (nSPS) is 17.1. The van der Waals surface area contributed by atoms with E-state index in [2.05, 4.69) is 22.4 Å². The van der Waals surface area contributed by atoms with Crippen LogP contribution < -0.4 is 10.6 Å². The molecule has 2 aromatic rings. The van der Waals surface area contributed by atoms with E-state index in [1.54, 1.807) is 11.3 Å². The zero-order valence-electron chi connectivity index (χ0n) is 11.4. The molecule has 5 heteroatoms. The van der Waals surface area contributed by atoms with E-state index in [1.807, 2.05) is 30.0 Å². The predicted octanol–water partition coefficient (Wildman–Crippen LogP) is 2.94. The third kappa shape index (κ3) is 3.34. The zero-order valence-corrected chi connectivity index (χ0v) is 13.0. The first-order chi connectivity index (χ1) is 9.83. The van der Waals surface area contributed by atoms with Gasteiger partial charge in [0.05, 0.1) is 5.69 Å². The number of nitrogens with two attached hydrogens (primary N) is 1. The van der Waals surface area contributed by atoms with Crippen molar-refractivity contribution in [1.82, 2.24) is 4.98 Å². The van der Waals surface area contributed by atoms with Crippen LogP contribution in [0.4, 0.5) is 5.13 Å². The van der Waals surface area contributed by atoms with Crippen LogP contribution in [0, 0.1) is 0 Å². The Bertz CT molecular complexity index is 535. The fraction of sp³-hybridized carbons (Fsp3) is 0.400. The number of hydrogen-bond donors (Lipinski definition) is 1. The van der Waals surface area contributed by atoms with Crippen LogP contribution in [0.3, 0.4) is 0 Å². The highest BCUT2D eigenvalue weighted by atomic mass is 32.2. The molecule has 3 rings (SSSR count). The standard InChI is InChI=1S/C15H19N3S2/c16-14(12-4-2-1-3-5-12)10-13-11-20-15(17-13)18-6-8-19-9-7-18/h1-5,11,14H,6-10,16H2. The minimum Gasteiger partial charge on any atom is -0.346 e. The van der Waals surface area contributed by atoms with Crippen LogP contribution in [0.25, 0.3) is 0 Å². The van der Waals surface area contributed by atoms with Crippen LogP contribution in [-0.4, -0.2) is 29.6 Å². The van der Waals surface area contributed by atoms with Crippen molar-refractivity contribution in [2.45, 2.75) is 12.5 Å². The first kappa shape index (κ1) is 13.9. The van der Waals surface area contributed by atoms with Crippen LogP contribution in [0.2, 0.25) is 0 Å². The maximum atomic E-state index is 6.26. The number of aromatic nitrogens is 1. The molecular formula is C15H19N3S2. The third-order valence-corrected chi connectivity index (χ3v) is 5.37. The lowest BCUT2D eigenvalue weighted by atomic mass is 10.0. The van der Waals surface area contributed by atoms with Crippen molar-refractivity contribution in [3.8, 4) is 0 Å². The summed E-state index contributed by atoms with van der Waals surface area (Å²) in [6.07, 6.45) is 0.809. The molecule has 20 heavy (non-hydrogen) atoms. The highest BCUT2D eigenvalue weighted by molar-refractivity contribution is 7.99. The van der Waals surface area contributed by atoms with Gasteiger partial charge >= 0.3 is 0 Å². The first-order valence-corrected chi connectivity index (χ1v) is 8.94. The van der Waals surface area contributed by atoms with Gasteiger partial charge in [0.25, 0.3) is 0 Å². The monoisotopic (exact) mass is 305 g/mol. The molecule has 0 bridgehead atoms. The van der Waals surface area contributed by atoms with Crippen molar-refractivity contribution in [2.75, 3.05) is 29.5 Å². The molecule has 1 aliphatic heterocycles. The maximum absolute atomic E-state index is 6.26. The predicted molar refractivity (Wildman–Crippen MR) is 88.7 cm³/mol. The molecule has 1 aromatic carbocycles. The van der Waals surface area contributed by atoms with Crippen LogP contribution in [0.15, 0.2) is 35.7 Å². The van der Waals surface area contributed by atoms with Crippen LogP contribution >= 0.6 is 23.1 Å². The van der Waals surface area contributed by atoms with Gasteiger partial charge in [-0.25, -0.2) is 4.98 Å². The first-order valence-electron chi connectivity index (χ1n) is 6.90. The van der Waals surface area contributed by atoms with E-state index in [0.29, 0.717) is 0 Å². The second kappa shape index (κ2) is 6.61. The van der Waals surface area contributed by atoms with E-state index in [1.165, 1.54) is 17.1 Å². The van der Waals surface area contributed by atoms with Crippen molar-refractivity contribution < 1.29 is 0 Å². The Morgan fingerprint density at radius 2 is 1.95 bits per heavy atom. The lowest BCUT2D eigenvalue weighted by Gasteiger charge is -2.25. The lowest BCUT2D eigenvalue weighted by molar-refractivity contribution is 0.708. The summed E-state index contributed by atoms with van der Waals surface area (Å²) in [4.78, 5) is 7.14. The molecule has 0 radical (unpaired) electrons. The van der Waals surface area contributed by atoms with Gasteiger partial charge in [-0.3, -0.25) is 0 Å². The number of rotatable bonds is 4. The van der Waals surface area contributed by atoms with E-state index < -0.39 is 0 Å². The highest BCUT2D eigenvalue weighted by Gasteiger charge is 2.16. The highest BCUT2D eigenvalue weighted by Crippen LogP contribution is 2.25. The molecule has 2 N–H and O–H groups in total. The van der Waals surface area contributed by atoms with Crippen molar-refractivity contribution in [2.24, 2.45) is 5.73 Å². The smallest absolute Gasteiger partial charge is 0.185 e. The molecule has 1 unspecified atom stereocenters. The molecule has 1 saturated heterocycles. The molecule has 2 heterocycles. The Hall–Kier alpha value is -1.04. The van der Waals surface area contributed by atoms with E-state index in [-0.39, 0.29) is 6.04 Å². The summed E-state index contributed by atoms with van der Waals surface area (Å²) in [5.74, 6) is 2.41. The van der Waals surface area contributed by atoms with E-state index >= 15 is 0 Å². The molecule has 0 spiro atoms. The fourth-order valence-corrected chi connectivity index (χ4v) is 4.13. The van der Waals surface area contributed by atoms with Gasteiger partial charge in [-0.2, -0.15) is 11.8 Å². The summed E-state index contributed by atoms with van der Waals surface area (Å²) in [5, 5.41) is 3.31. The summed E-state index contributed by atoms with van der Waals surface area (Å²) in [6, 6.07) is 10.3. The molecule has 0 amide bonds.